The van der Waals surface area contributed by atoms with Gasteiger partial charge in [0.15, 0.2) is 5.76 Å². The highest BCUT2D eigenvalue weighted by Gasteiger charge is 2.07. The minimum Gasteiger partial charge on any atom is -0.497 e. The normalized spacial score (nSPS) is 11.5. The van der Waals surface area contributed by atoms with Gasteiger partial charge in [-0.25, -0.2) is 5.43 Å². The molecule has 0 atom stereocenters. The van der Waals surface area contributed by atoms with Crippen LogP contribution in [-0.2, 0) is 0 Å². The fraction of sp³-hybridized carbons (Fsp3) is 0.111. The zero-order chi connectivity index (χ0) is 16.2. The molecule has 0 aliphatic heterocycles. The second-order valence-electron chi connectivity index (χ2n) is 5.04. The molecule has 1 amide bonds. The zero-order valence-corrected chi connectivity index (χ0v) is 12.9. The largest absolute Gasteiger partial charge is 0.497 e. The molecule has 0 saturated heterocycles. The summed E-state index contributed by atoms with van der Waals surface area (Å²) in [5.41, 5.74) is 4.13. The van der Waals surface area contributed by atoms with Crippen LogP contribution in [0.2, 0.25) is 0 Å². The number of nitrogens with zero attached hydrogens (tertiary/aromatic N) is 1. The van der Waals surface area contributed by atoms with Gasteiger partial charge in [0.2, 0.25) is 0 Å². The van der Waals surface area contributed by atoms with Crippen molar-refractivity contribution in [2.75, 3.05) is 7.11 Å². The third-order valence-electron chi connectivity index (χ3n) is 3.54. The van der Waals surface area contributed by atoms with Gasteiger partial charge < -0.3 is 9.15 Å². The minimum absolute atomic E-state index is 0.229. The van der Waals surface area contributed by atoms with Gasteiger partial charge in [0.1, 0.15) is 5.75 Å². The standard InChI is InChI=1S/C18H16N2O3/c1-12(19-20-18(21)17-4-3-9-23-17)13-5-6-15-11-16(22-2)8-7-14(15)10-13/h3-11H,1-2H3,(H,20,21)/b19-12-. The molecule has 5 nitrogen and oxygen atoms in total. The molecular formula is C18H16N2O3. The summed E-state index contributed by atoms with van der Waals surface area (Å²) in [6, 6.07) is 15.1. The molecule has 2 aromatic carbocycles. The summed E-state index contributed by atoms with van der Waals surface area (Å²) < 4.78 is 10.2. The number of hydrazone groups is 1. The number of hydrogen-bond acceptors (Lipinski definition) is 4. The molecule has 0 aliphatic carbocycles. The summed E-state index contributed by atoms with van der Waals surface area (Å²) in [5.74, 6) is 0.674. The lowest BCUT2D eigenvalue weighted by Gasteiger charge is -2.06. The van der Waals surface area contributed by atoms with E-state index in [-0.39, 0.29) is 11.7 Å². The van der Waals surface area contributed by atoms with E-state index >= 15 is 0 Å². The molecule has 0 saturated carbocycles. The summed E-state index contributed by atoms with van der Waals surface area (Å²) in [7, 11) is 1.65. The molecule has 0 fully saturated rings. The van der Waals surface area contributed by atoms with Crippen LogP contribution in [0.3, 0.4) is 0 Å². The molecule has 5 heteroatoms. The van der Waals surface area contributed by atoms with E-state index in [1.54, 1.807) is 19.2 Å². The summed E-state index contributed by atoms with van der Waals surface area (Å²) in [4.78, 5) is 11.8. The second kappa shape index (κ2) is 6.36. The molecule has 0 radical (unpaired) electrons. The third-order valence-corrected chi connectivity index (χ3v) is 3.54. The van der Waals surface area contributed by atoms with Crippen molar-refractivity contribution < 1.29 is 13.9 Å². The molecule has 0 unspecified atom stereocenters. The molecule has 3 rings (SSSR count). The van der Waals surface area contributed by atoms with E-state index < -0.39 is 0 Å². The van der Waals surface area contributed by atoms with Gasteiger partial charge in [-0.05, 0) is 53.6 Å². The lowest BCUT2D eigenvalue weighted by atomic mass is 10.0. The van der Waals surface area contributed by atoms with E-state index in [2.05, 4.69) is 10.5 Å². The monoisotopic (exact) mass is 308 g/mol. The highest BCUT2D eigenvalue weighted by Crippen LogP contribution is 2.22. The van der Waals surface area contributed by atoms with Gasteiger partial charge in [-0.15, -0.1) is 0 Å². The molecule has 1 N–H and O–H groups in total. The fourth-order valence-electron chi connectivity index (χ4n) is 2.24. The van der Waals surface area contributed by atoms with Crippen molar-refractivity contribution >= 4 is 22.4 Å². The van der Waals surface area contributed by atoms with Crippen molar-refractivity contribution in [1.82, 2.24) is 5.43 Å². The molecule has 23 heavy (non-hydrogen) atoms. The van der Waals surface area contributed by atoms with Crippen molar-refractivity contribution in [1.29, 1.82) is 0 Å². The third kappa shape index (κ3) is 3.23. The molecule has 0 spiro atoms. The zero-order valence-electron chi connectivity index (χ0n) is 12.9. The lowest BCUT2D eigenvalue weighted by molar-refractivity contribution is 0.0927. The van der Waals surface area contributed by atoms with Gasteiger partial charge >= 0.3 is 5.91 Å². The maximum Gasteiger partial charge on any atom is 0.307 e. The van der Waals surface area contributed by atoms with Gasteiger partial charge in [-0.2, -0.15) is 5.10 Å². The van der Waals surface area contributed by atoms with Crippen molar-refractivity contribution in [2.24, 2.45) is 5.10 Å². The van der Waals surface area contributed by atoms with E-state index in [4.69, 9.17) is 9.15 Å². The Morgan fingerprint density at radius 1 is 1.13 bits per heavy atom. The van der Waals surface area contributed by atoms with E-state index in [1.807, 2.05) is 43.3 Å². The van der Waals surface area contributed by atoms with Gasteiger partial charge in [-0.3, -0.25) is 4.79 Å². The number of nitrogens with one attached hydrogen (secondary N) is 1. The number of carbonyl (C=O) groups excluding carboxylic acids is 1. The fourth-order valence-corrected chi connectivity index (χ4v) is 2.24. The average molecular weight is 308 g/mol. The Morgan fingerprint density at radius 3 is 2.65 bits per heavy atom. The Morgan fingerprint density at radius 2 is 1.91 bits per heavy atom. The number of ether oxygens (including phenoxy) is 1. The summed E-state index contributed by atoms with van der Waals surface area (Å²) in [5, 5.41) is 6.29. The average Bonchev–Trinajstić information content (AvgIpc) is 3.13. The number of furan rings is 1. The Kier molecular flexibility index (Phi) is 4.10. The van der Waals surface area contributed by atoms with Gasteiger partial charge in [0.05, 0.1) is 19.1 Å². The van der Waals surface area contributed by atoms with E-state index in [1.165, 1.54) is 6.26 Å². The van der Waals surface area contributed by atoms with Crippen LogP contribution in [0.1, 0.15) is 23.0 Å². The first kappa shape index (κ1) is 14.8. The van der Waals surface area contributed by atoms with Gasteiger partial charge in [-0.1, -0.05) is 18.2 Å². The van der Waals surface area contributed by atoms with Crippen LogP contribution < -0.4 is 10.2 Å². The first-order valence-corrected chi connectivity index (χ1v) is 7.13. The number of methoxy groups -OCH3 is 1. The van der Waals surface area contributed by atoms with Crippen molar-refractivity contribution in [2.45, 2.75) is 6.92 Å². The highest BCUT2D eigenvalue weighted by atomic mass is 16.5. The first-order chi connectivity index (χ1) is 11.2. The van der Waals surface area contributed by atoms with Gasteiger partial charge in [0, 0.05) is 0 Å². The molecule has 1 heterocycles. The SMILES string of the molecule is COc1ccc2cc(/C(C)=N\NC(=O)c3ccco3)ccc2c1. The molecule has 1 aromatic heterocycles. The Balaban J connectivity index is 1.81. The van der Waals surface area contributed by atoms with E-state index in [9.17, 15) is 4.79 Å². The van der Waals surface area contributed by atoms with Crippen LogP contribution in [0.15, 0.2) is 64.3 Å². The molecular weight excluding hydrogens is 292 g/mol. The topological polar surface area (TPSA) is 63.8 Å². The smallest absolute Gasteiger partial charge is 0.307 e. The van der Waals surface area contributed by atoms with Crippen molar-refractivity contribution in [3.05, 3.63) is 66.1 Å². The maximum absolute atomic E-state index is 11.8. The Labute approximate surface area is 133 Å². The summed E-state index contributed by atoms with van der Waals surface area (Å²) >= 11 is 0. The minimum atomic E-state index is -0.375. The number of amides is 1. The van der Waals surface area contributed by atoms with Crippen LogP contribution in [-0.4, -0.2) is 18.7 Å². The number of rotatable bonds is 4. The van der Waals surface area contributed by atoms with E-state index in [0.29, 0.717) is 5.71 Å². The number of carbonyl (C=O) groups is 1. The highest BCUT2D eigenvalue weighted by molar-refractivity contribution is 6.03. The quantitative estimate of drug-likeness (QED) is 0.591. The number of hydrogen-bond donors (Lipinski definition) is 1. The number of benzene rings is 2. The predicted octanol–water partition coefficient (Wildman–Crippen LogP) is 3.60. The van der Waals surface area contributed by atoms with Crippen LogP contribution in [0.4, 0.5) is 0 Å². The predicted molar refractivity (Wildman–Crippen MR) is 88.9 cm³/mol. The first-order valence-electron chi connectivity index (χ1n) is 7.13. The molecule has 0 aliphatic rings. The maximum atomic E-state index is 11.8. The lowest BCUT2D eigenvalue weighted by Crippen LogP contribution is -2.18. The van der Waals surface area contributed by atoms with Crippen LogP contribution in [0.25, 0.3) is 10.8 Å². The molecule has 116 valence electrons. The summed E-state index contributed by atoms with van der Waals surface area (Å²) in [6.07, 6.45) is 1.45. The van der Waals surface area contributed by atoms with Crippen molar-refractivity contribution in [3.63, 3.8) is 0 Å². The Hall–Kier alpha value is -3.08. The van der Waals surface area contributed by atoms with Gasteiger partial charge in [0.25, 0.3) is 0 Å². The molecule has 0 bridgehead atoms. The van der Waals surface area contributed by atoms with Crippen LogP contribution >= 0.6 is 0 Å². The Bertz CT molecular complexity index is 867. The van der Waals surface area contributed by atoms with Crippen molar-refractivity contribution in [3.8, 4) is 5.75 Å². The van der Waals surface area contributed by atoms with Crippen LogP contribution in [0.5, 0.6) is 5.75 Å². The van der Waals surface area contributed by atoms with Crippen LogP contribution in [0, 0.1) is 0 Å². The summed E-state index contributed by atoms with van der Waals surface area (Å²) in [6.45, 7) is 1.84. The molecule has 3 aromatic rings. The number of fused-ring (bicyclic) bond motifs is 1. The second-order valence-corrected chi connectivity index (χ2v) is 5.04. The van der Waals surface area contributed by atoms with E-state index in [0.717, 1.165) is 22.1 Å².